The minimum atomic E-state index is -3.04. The number of benzene rings is 1. The number of nitrogens with one attached hydrogen (secondary N) is 1. The van der Waals surface area contributed by atoms with Gasteiger partial charge in [-0.3, -0.25) is 4.79 Å². The molecule has 0 atom stereocenters. The van der Waals surface area contributed by atoms with Crippen LogP contribution in [0, 0.1) is 5.82 Å². The largest absolute Gasteiger partial charge is 0.385 e. The number of hydrogen-bond donors (Lipinski definition) is 1. The molecule has 1 fully saturated rings. The average molecular weight is 286 g/mol. The van der Waals surface area contributed by atoms with Gasteiger partial charge in [-0.1, -0.05) is 6.07 Å². The molecule has 0 aliphatic carbocycles. The van der Waals surface area contributed by atoms with Gasteiger partial charge in [0.25, 0.3) is 5.91 Å². The van der Waals surface area contributed by atoms with Crippen molar-refractivity contribution in [3.63, 3.8) is 0 Å². The quantitative estimate of drug-likeness (QED) is 0.870. The van der Waals surface area contributed by atoms with Gasteiger partial charge in [-0.05, 0) is 12.1 Å². The Morgan fingerprint density at radius 1 is 1.32 bits per heavy atom. The summed E-state index contributed by atoms with van der Waals surface area (Å²) in [5.74, 6) is -0.928. The second-order valence-corrected chi connectivity index (χ2v) is 6.66. The normalized spacial score (nSPS) is 18.1. The highest BCUT2D eigenvalue weighted by Gasteiger charge is 2.27. The van der Waals surface area contributed by atoms with E-state index in [0.717, 1.165) is 0 Å². The SMILES string of the molecule is CNc1c(F)cccc1C(=O)N1CCS(=O)(=O)CC1. The maximum atomic E-state index is 13.6. The smallest absolute Gasteiger partial charge is 0.256 e. The summed E-state index contributed by atoms with van der Waals surface area (Å²) in [6, 6.07) is 4.26. The fourth-order valence-electron chi connectivity index (χ4n) is 2.04. The van der Waals surface area contributed by atoms with Crippen molar-refractivity contribution in [3.05, 3.63) is 29.6 Å². The van der Waals surface area contributed by atoms with E-state index >= 15 is 0 Å². The first-order valence-corrected chi connectivity index (χ1v) is 7.73. The molecule has 1 aliphatic rings. The van der Waals surface area contributed by atoms with E-state index < -0.39 is 15.7 Å². The van der Waals surface area contributed by atoms with Gasteiger partial charge < -0.3 is 10.2 Å². The summed E-state index contributed by atoms with van der Waals surface area (Å²) in [5.41, 5.74) is 0.364. The molecule has 0 saturated carbocycles. The molecule has 104 valence electrons. The Morgan fingerprint density at radius 3 is 2.53 bits per heavy atom. The van der Waals surface area contributed by atoms with Crippen LogP contribution in [0.5, 0.6) is 0 Å². The molecule has 1 saturated heterocycles. The minimum absolute atomic E-state index is 0.0387. The van der Waals surface area contributed by atoms with Crippen molar-refractivity contribution in [1.82, 2.24) is 4.90 Å². The lowest BCUT2D eigenvalue weighted by molar-refractivity contribution is 0.0771. The lowest BCUT2D eigenvalue weighted by atomic mass is 10.1. The van der Waals surface area contributed by atoms with E-state index in [1.54, 1.807) is 0 Å². The van der Waals surface area contributed by atoms with Gasteiger partial charge in [-0.2, -0.15) is 0 Å². The van der Waals surface area contributed by atoms with Crippen molar-refractivity contribution in [1.29, 1.82) is 0 Å². The Hall–Kier alpha value is -1.63. The summed E-state index contributed by atoms with van der Waals surface area (Å²) in [7, 11) is -1.50. The number of hydrogen-bond acceptors (Lipinski definition) is 4. The summed E-state index contributed by atoms with van der Waals surface area (Å²) < 4.78 is 36.2. The highest BCUT2D eigenvalue weighted by molar-refractivity contribution is 7.91. The molecule has 5 nitrogen and oxygen atoms in total. The molecule has 0 unspecified atom stereocenters. The van der Waals surface area contributed by atoms with Crippen LogP contribution in [0.25, 0.3) is 0 Å². The summed E-state index contributed by atoms with van der Waals surface area (Å²) in [5, 5.41) is 2.66. The first-order valence-electron chi connectivity index (χ1n) is 5.90. The van der Waals surface area contributed by atoms with Gasteiger partial charge in [0.15, 0.2) is 9.84 Å². The molecule has 1 heterocycles. The van der Waals surface area contributed by atoms with Crippen LogP contribution in [0.2, 0.25) is 0 Å². The number of nitrogens with zero attached hydrogens (tertiary/aromatic N) is 1. The van der Waals surface area contributed by atoms with Crippen LogP contribution in [-0.4, -0.2) is 50.9 Å². The Kier molecular flexibility index (Phi) is 3.75. The highest BCUT2D eigenvalue weighted by Crippen LogP contribution is 2.21. The van der Waals surface area contributed by atoms with Gasteiger partial charge in [0.1, 0.15) is 5.82 Å². The van der Waals surface area contributed by atoms with Crippen molar-refractivity contribution in [2.75, 3.05) is 37.0 Å². The van der Waals surface area contributed by atoms with E-state index in [4.69, 9.17) is 0 Å². The van der Waals surface area contributed by atoms with Crippen LogP contribution < -0.4 is 5.32 Å². The van der Waals surface area contributed by atoms with E-state index in [9.17, 15) is 17.6 Å². The molecule has 1 N–H and O–H groups in total. The predicted molar refractivity (Wildman–Crippen MR) is 70.5 cm³/mol. The first-order chi connectivity index (χ1) is 8.94. The number of carbonyl (C=O) groups excluding carboxylic acids is 1. The fraction of sp³-hybridized carbons (Fsp3) is 0.417. The van der Waals surface area contributed by atoms with E-state index in [1.165, 1.54) is 30.1 Å². The van der Waals surface area contributed by atoms with Gasteiger partial charge in [0, 0.05) is 20.1 Å². The molecule has 1 amide bonds. The molecular weight excluding hydrogens is 271 g/mol. The zero-order valence-electron chi connectivity index (χ0n) is 10.5. The molecule has 1 aliphatic heterocycles. The summed E-state index contributed by atoms with van der Waals surface area (Å²) in [6.07, 6.45) is 0. The number of halogens is 1. The minimum Gasteiger partial charge on any atom is -0.385 e. The van der Waals surface area contributed by atoms with Crippen molar-refractivity contribution < 1.29 is 17.6 Å². The molecular formula is C12H15FN2O3S. The van der Waals surface area contributed by atoms with Gasteiger partial charge >= 0.3 is 0 Å². The Bertz CT molecular complexity index is 587. The average Bonchev–Trinajstić information content (AvgIpc) is 2.37. The molecule has 0 radical (unpaired) electrons. The molecule has 1 aromatic rings. The predicted octanol–water partition coefficient (Wildman–Crippen LogP) is 0.738. The zero-order valence-corrected chi connectivity index (χ0v) is 11.3. The lowest BCUT2D eigenvalue weighted by Gasteiger charge is -2.27. The maximum Gasteiger partial charge on any atom is 0.256 e. The molecule has 0 bridgehead atoms. The third kappa shape index (κ3) is 2.86. The topological polar surface area (TPSA) is 66.5 Å². The highest BCUT2D eigenvalue weighted by atomic mass is 32.2. The second kappa shape index (κ2) is 5.16. The number of amides is 1. The van der Waals surface area contributed by atoms with Crippen LogP contribution in [0.15, 0.2) is 18.2 Å². The zero-order chi connectivity index (χ0) is 14.0. The van der Waals surface area contributed by atoms with Crippen LogP contribution in [-0.2, 0) is 9.84 Å². The van der Waals surface area contributed by atoms with Crippen molar-refractivity contribution in [2.24, 2.45) is 0 Å². The first kappa shape index (κ1) is 13.8. The van der Waals surface area contributed by atoms with E-state index in [0.29, 0.717) is 0 Å². The Morgan fingerprint density at radius 2 is 1.95 bits per heavy atom. The fourth-order valence-corrected chi connectivity index (χ4v) is 3.24. The Balaban J connectivity index is 2.24. The van der Waals surface area contributed by atoms with Gasteiger partial charge in [-0.25, -0.2) is 12.8 Å². The Labute approximate surface area is 111 Å². The van der Waals surface area contributed by atoms with Crippen LogP contribution in [0.1, 0.15) is 10.4 Å². The van der Waals surface area contributed by atoms with Crippen molar-refractivity contribution >= 4 is 21.4 Å². The number of para-hydroxylation sites is 1. The number of carbonyl (C=O) groups is 1. The summed E-state index contributed by atoms with van der Waals surface area (Å²) >= 11 is 0. The van der Waals surface area contributed by atoms with Crippen LogP contribution >= 0.6 is 0 Å². The summed E-state index contributed by atoms with van der Waals surface area (Å²) in [6.45, 7) is 0.307. The van der Waals surface area contributed by atoms with Gasteiger partial charge in [0.2, 0.25) is 0 Å². The van der Waals surface area contributed by atoms with E-state index in [2.05, 4.69) is 5.32 Å². The molecule has 7 heteroatoms. The van der Waals surface area contributed by atoms with Gasteiger partial charge in [0.05, 0.1) is 22.8 Å². The third-order valence-electron chi connectivity index (χ3n) is 3.13. The maximum absolute atomic E-state index is 13.6. The van der Waals surface area contributed by atoms with E-state index in [1.807, 2.05) is 0 Å². The number of sulfone groups is 1. The molecule has 1 aromatic carbocycles. The van der Waals surface area contributed by atoms with Gasteiger partial charge in [-0.15, -0.1) is 0 Å². The molecule has 19 heavy (non-hydrogen) atoms. The monoisotopic (exact) mass is 286 g/mol. The van der Waals surface area contributed by atoms with Crippen molar-refractivity contribution in [2.45, 2.75) is 0 Å². The van der Waals surface area contributed by atoms with E-state index in [-0.39, 0.29) is 41.8 Å². The molecule has 0 spiro atoms. The number of anilines is 1. The second-order valence-electron chi connectivity index (χ2n) is 4.36. The summed E-state index contributed by atoms with van der Waals surface area (Å²) in [4.78, 5) is 13.7. The lowest BCUT2D eigenvalue weighted by Crippen LogP contribution is -2.43. The third-order valence-corrected chi connectivity index (χ3v) is 4.73. The van der Waals surface area contributed by atoms with Crippen molar-refractivity contribution in [3.8, 4) is 0 Å². The molecule has 2 rings (SSSR count). The molecule has 0 aromatic heterocycles. The van der Waals surface area contributed by atoms with Crippen LogP contribution in [0.4, 0.5) is 10.1 Å². The standard InChI is InChI=1S/C12H15FN2O3S/c1-14-11-9(3-2-4-10(11)13)12(16)15-5-7-19(17,18)8-6-15/h2-4,14H,5-8H2,1H3. The van der Waals surface area contributed by atoms with Crippen LogP contribution in [0.3, 0.4) is 0 Å². The number of rotatable bonds is 2.